The molecule has 0 fully saturated rings. The standard InChI is InChI=1S/C13H20N2S/c1-6-8-12(7-2)14-9(3)13-10(4)16-11(5)15-13/h1,9,12,14H,7-8H2,2-5H3. The summed E-state index contributed by atoms with van der Waals surface area (Å²) < 4.78 is 0. The van der Waals surface area contributed by atoms with Crippen LogP contribution in [-0.2, 0) is 0 Å². The lowest BCUT2D eigenvalue weighted by molar-refractivity contribution is 0.443. The molecule has 1 N–H and O–H groups in total. The summed E-state index contributed by atoms with van der Waals surface area (Å²) in [7, 11) is 0. The quantitative estimate of drug-likeness (QED) is 0.794. The van der Waals surface area contributed by atoms with Gasteiger partial charge in [0, 0.05) is 23.4 Å². The number of thiazole rings is 1. The summed E-state index contributed by atoms with van der Waals surface area (Å²) in [5, 5.41) is 4.67. The van der Waals surface area contributed by atoms with Crippen LogP contribution in [0.2, 0.25) is 0 Å². The summed E-state index contributed by atoms with van der Waals surface area (Å²) in [6, 6.07) is 0.671. The molecule has 1 aromatic heterocycles. The van der Waals surface area contributed by atoms with Gasteiger partial charge in [-0.05, 0) is 27.2 Å². The molecular weight excluding hydrogens is 216 g/mol. The first-order valence-electron chi connectivity index (χ1n) is 5.71. The highest BCUT2D eigenvalue weighted by molar-refractivity contribution is 7.11. The third-order valence-corrected chi connectivity index (χ3v) is 3.59. The molecule has 0 radical (unpaired) electrons. The van der Waals surface area contributed by atoms with Crippen molar-refractivity contribution in [2.24, 2.45) is 0 Å². The second kappa shape index (κ2) is 6.03. The number of nitrogens with one attached hydrogen (secondary N) is 1. The fraction of sp³-hybridized carbons (Fsp3) is 0.615. The predicted octanol–water partition coefficient (Wildman–Crippen LogP) is 3.21. The number of hydrogen-bond donors (Lipinski definition) is 1. The molecule has 1 heterocycles. The van der Waals surface area contributed by atoms with Crippen LogP contribution in [0.15, 0.2) is 0 Å². The van der Waals surface area contributed by atoms with Gasteiger partial charge in [0.25, 0.3) is 0 Å². The molecule has 2 atom stereocenters. The van der Waals surface area contributed by atoms with E-state index in [1.54, 1.807) is 11.3 Å². The van der Waals surface area contributed by atoms with Crippen molar-refractivity contribution in [3.8, 4) is 12.3 Å². The van der Waals surface area contributed by atoms with Gasteiger partial charge in [0.15, 0.2) is 0 Å². The van der Waals surface area contributed by atoms with Crippen LogP contribution in [0.4, 0.5) is 0 Å². The highest BCUT2D eigenvalue weighted by atomic mass is 32.1. The van der Waals surface area contributed by atoms with E-state index in [1.807, 2.05) is 6.92 Å². The van der Waals surface area contributed by atoms with E-state index in [-0.39, 0.29) is 6.04 Å². The molecule has 0 saturated heterocycles. The maximum Gasteiger partial charge on any atom is 0.0900 e. The molecule has 88 valence electrons. The molecule has 3 heteroatoms. The number of hydrogen-bond acceptors (Lipinski definition) is 3. The molecule has 2 nitrogen and oxygen atoms in total. The topological polar surface area (TPSA) is 24.9 Å². The second-order valence-corrected chi connectivity index (χ2v) is 5.48. The monoisotopic (exact) mass is 236 g/mol. The molecule has 0 aliphatic carbocycles. The Balaban J connectivity index is 2.68. The van der Waals surface area contributed by atoms with Crippen LogP contribution in [0.25, 0.3) is 0 Å². The zero-order valence-corrected chi connectivity index (χ0v) is 11.3. The van der Waals surface area contributed by atoms with Crippen LogP contribution in [0.3, 0.4) is 0 Å². The van der Waals surface area contributed by atoms with Crippen LogP contribution in [0.1, 0.15) is 48.3 Å². The third-order valence-electron chi connectivity index (χ3n) is 2.69. The zero-order chi connectivity index (χ0) is 12.1. The van der Waals surface area contributed by atoms with Gasteiger partial charge >= 0.3 is 0 Å². The Kier molecular flexibility index (Phi) is 4.98. The Labute approximate surface area is 102 Å². The van der Waals surface area contributed by atoms with Crippen molar-refractivity contribution in [3.63, 3.8) is 0 Å². The lowest BCUT2D eigenvalue weighted by Crippen LogP contribution is -2.31. The fourth-order valence-electron chi connectivity index (χ4n) is 1.84. The molecule has 16 heavy (non-hydrogen) atoms. The molecule has 0 aliphatic heterocycles. The van der Waals surface area contributed by atoms with Gasteiger partial charge in [-0.15, -0.1) is 23.7 Å². The van der Waals surface area contributed by atoms with Gasteiger partial charge in [-0.1, -0.05) is 6.92 Å². The Morgan fingerprint density at radius 3 is 2.62 bits per heavy atom. The Morgan fingerprint density at radius 1 is 1.50 bits per heavy atom. The third kappa shape index (κ3) is 3.33. The molecule has 0 aliphatic rings. The lowest BCUT2D eigenvalue weighted by atomic mass is 10.1. The summed E-state index contributed by atoms with van der Waals surface area (Å²) in [6.45, 7) is 8.48. The fourth-order valence-corrected chi connectivity index (χ4v) is 2.76. The van der Waals surface area contributed by atoms with E-state index in [1.165, 1.54) is 4.88 Å². The van der Waals surface area contributed by atoms with Gasteiger partial charge < -0.3 is 5.32 Å². The molecule has 2 unspecified atom stereocenters. The first-order valence-corrected chi connectivity index (χ1v) is 6.53. The number of rotatable bonds is 5. The molecular formula is C13H20N2S. The summed E-state index contributed by atoms with van der Waals surface area (Å²) in [5.74, 6) is 2.72. The first kappa shape index (κ1) is 13.2. The van der Waals surface area contributed by atoms with Gasteiger partial charge in [-0.3, -0.25) is 0 Å². The van der Waals surface area contributed by atoms with E-state index in [0.29, 0.717) is 6.04 Å². The van der Waals surface area contributed by atoms with Crippen LogP contribution >= 0.6 is 11.3 Å². The minimum atomic E-state index is 0.281. The average molecular weight is 236 g/mol. The van der Waals surface area contributed by atoms with Crippen LogP contribution in [0.5, 0.6) is 0 Å². The van der Waals surface area contributed by atoms with Crippen LogP contribution < -0.4 is 5.32 Å². The van der Waals surface area contributed by atoms with Crippen molar-refractivity contribution < 1.29 is 0 Å². The summed E-state index contributed by atoms with van der Waals surface area (Å²) >= 11 is 1.75. The SMILES string of the molecule is C#CCC(CC)NC(C)c1nc(C)sc1C. The van der Waals surface area contributed by atoms with Crippen molar-refractivity contribution >= 4 is 11.3 Å². The Hall–Kier alpha value is -0.850. The highest BCUT2D eigenvalue weighted by Gasteiger charge is 2.15. The van der Waals surface area contributed by atoms with Crippen LogP contribution in [-0.4, -0.2) is 11.0 Å². The van der Waals surface area contributed by atoms with Crippen molar-refractivity contribution in [3.05, 3.63) is 15.6 Å². The summed E-state index contributed by atoms with van der Waals surface area (Å²) in [4.78, 5) is 5.86. The second-order valence-electron chi connectivity index (χ2n) is 4.08. The largest absolute Gasteiger partial charge is 0.305 e. The number of aromatic nitrogens is 1. The minimum Gasteiger partial charge on any atom is -0.305 e. The van der Waals surface area contributed by atoms with Crippen molar-refractivity contribution in [2.75, 3.05) is 0 Å². The normalized spacial score (nSPS) is 14.4. The van der Waals surface area contributed by atoms with Gasteiger partial charge in [0.2, 0.25) is 0 Å². The van der Waals surface area contributed by atoms with Crippen molar-refractivity contribution in [2.45, 2.75) is 52.6 Å². The minimum absolute atomic E-state index is 0.281. The Bertz CT molecular complexity index is 376. The van der Waals surface area contributed by atoms with Gasteiger partial charge in [-0.2, -0.15) is 0 Å². The van der Waals surface area contributed by atoms with Crippen molar-refractivity contribution in [1.29, 1.82) is 0 Å². The van der Waals surface area contributed by atoms with E-state index in [2.05, 4.69) is 37.0 Å². The molecule has 0 saturated carbocycles. The van der Waals surface area contributed by atoms with E-state index in [4.69, 9.17) is 6.42 Å². The number of aryl methyl sites for hydroxylation is 2. The zero-order valence-electron chi connectivity index (χ0n) is 10.5. The maximum absolute atomic E-state index is 5.35. The summed E-state index contributed by atoms with van der Waals surface area (Å²) in [5.41, 5.74) is 1.16. The number of nitrogens with zero attached hydrogens (tertiary/aromatic N) is 1. The van der Waals surface area contributed by atoms with E-state index in [9.17, 15) is 0 Å². The van der Waals surface area contributed by atoms with E-state index >= 15 is 0 Å². The van der Waals surface area contributed by atoms with Crippen molar-refractivity contribution in [1.82, 2.24) is 10.3 Å². The first-order chi connectivity index (χ1) is 7.58. The molecule has 0 spiro atoms. The predicted molar refractivity (Wildman–Crippen MR) is 70.7 cm³/mol. The molecule has 1 rings (SSSR count). The van der Waals surface area contributed by atoms with Gasteiger partial charge in [0.05, 0.1) is 10.7 Å². The summed E-state index contributed by atoms with van der Waals surface area (Å²) in [6.07, 6.45) is 7.18. The highest BCUT2D eigenvalue weighted by Crippen LogP contribution is 2.23. The van der Waals surface area contributed by atoms with E-state index < -0.39 is 0 Å². The van der Waals surface area contributed by atoms with Gasteiger partial charge in [-0.25, -0.2) is 4.98 Å². The molecule has 0 aromatic carbocycles. The van der Waals surface area contributed by atoms with E-state index in [0.717, 1.165) is 23.5 Å². The lowest BCUT2D eigenvalue weighted by Gasteiger charge is -2.19. The molecule has 0 amide bonds. The molecule has 0 bridgehead atoms. The average Bonchev–Trinajstić information content (AvgIpc) is 2.57. The smallest absolute Gasteiger partial charge is 0.0900 e. The molecule has 1 aromatic rings. The van der Waals surface area contributed by atoms with Gasteiger partial charge in [0.1, 0.15) is 0 Å². The Morgan fingerprint density at radius 2 is 2.19 bits per heavy atom. The van der Waals surface area contributed by atoms with Crippen LogP contribution in [0, 0.1) is 26.2 Å². The number of terminal acetylenes is 1. The maximum atomic E-state index is 5.35.